The van der Waals surface area contributed by atoms with E-state index in [1.165, 1.54) is 24.5 Å². The Labute approximate surface area is 97.7 Å². The summed E-state index contributed by atoms with van der Waals surface area (Å²) >= 11 is 0. The first kappa shape index (κ1) is 11.2. The molecule has 0 bridgehead atoms. The SMILES string of the molecule is CN(c1cccc(F)c1)c1ncc(C=O)cn1. The van der Waals surface area contributed by atoms with Crippen LogP contribution < -0.4 is 4.90 Å². The Morgan fingerprint density at radius 3 is 2.59 bits per heavy atom. The molecule has 0 N–H and O–H groups in total. The van der Waals surface area contributed by atoms with Crippen LogP contribution in [0.4, 0.5) is 16.0 Å². The second-order valence-electron chi connectivity index (χ2n) is 3.47. The summed E-state index contributed by atoms with van der Waals surface area (Å²) in [7, 11) is 1.73. The van der Waals surface area contributed by atoms with Gasteiger partial charge in [0.1, 0.15) is 5.82 Å². The van der Waals surface area contributed by atoms with Gasteiger partial charge in [0.25, 0.3) is 0 Å². The second kappa shape index (κ2) is 4.69. The average molecular weight is 231 g/mol. The predicted molar refractivity (Wildman–Crippen MR) is 61.9 cm³/mol. The molecule has 2 rings (SSSR count). The molecule has 0 saturated carbocycles. The second-order valence-corrected chi connectivity index (χ2v) is 3.47. The highest BCUT2D eigenvalue weighted by molar-refractivity contribution is 5.73. The normalized spacial score (nSPS) is 10.0. The molecule has 0 atom stereocenters. The number of carbonyl (C=O) groups excluding carboxylic acids is 1. The summed E-state index contributed by atoms with van der Waals surface area (Å²) in [6.45, 7) is 0. The van der Waals surface area contributed by atoms with Crippen LogP contribution in [0.2, 0.25) is 0 Å². The molecule has 0 aliphatic rings. The van der Waals surface area contributed by atoms with Gasteiger partial charge in [-0.05, 0) is 18.2 Å². The number of benzene rings is 1. The fourth-order valence-electron chi connectivity index (χ4n) is 1.37. The number of aldehydes is 1. The van der Waals surface area contributed by atoms with Gasteiger partial charge in [-0.2, -0.15) is 0 Å². The third kappa shape index (κ3) is 2.44. The molecule has 0 saturated heterocycles. The molecule has 0 spiro atoms. The summed E-state index contributed by atoms with van der Waals surface area (Å²) < 4.78 is 13.0. The van der Waals surface area contributed by atoms with E-state index >= 15 is 0 Å². The van der Waals surface area contributed by atoms with Crippen LogP contribution >= 0.6 is 0 Å². The van der Waals surface area contributed by atoms with Crippen LogP contribution in [0.3, 0.4) is 0 Å². The fraction of sp³-hybridized carbons (Fsp3) is 0.0833. The van der Waals surface area contributed by atoms with Gasteiger partial charge in [0, 0.05) is 25.1 Å². The number of hydrogen-bond acceptors (Lipinski definition) is 4. The summed E-state index contributed by atoms with van der Waals surface area (Å²) in [5.74, 6) is 0.0834. The molecule has 0 aliphatic heterocycles. The van der Waals surface area contributed by atoms with Crippen molar-refractivity contribution in [2.45, 2.75) is 0 Å². The minimum Gasteiger partial charge on any atom is -0.314 e. The maximum atomic E-state index is 13.0. The molecule has 1 aromatic carbocycles. The standard InChI is InChI=1S/C12H10FN3O/c1-16(11-4-2-3-10(13)5-11)12-14-6-9(8-17)7-15-12/h2-8H,1H3. The number of rotatable bonds is 3. The van der Waals surface area contributed by atoms with E-state index in [0.29, 0.717) is 23.5 Å². The van der Waals surface area contributed by atoms with Crippen molar-refractivity contribution in [2.75, 3.05) is 11.9 Å². The van der Waals surface area contributed by atoms with Gasteiger partial charge < -0.3 is 4.90 Å². The Hall–Kier alpha value is -2.30. The highest BCUT2D eigenvalue weighted by Crippen LogP contribution is 2.19. The molecule has 5 heteroatoms. The third-order valence-corrected chi connectivity index (χ3v) is 2.29. The molecule has 0 unspecified atom stereocenters. The lowest BCUT2D eigenvalue weighted by Crippen LogP contribution is -2.13. The predicted octanol–water partition coefficient (Wildman–Crippen LogP) is 2.20. The number of aromatic nitrogens is 2. The fourth-order valence-corrected chi connectivity index (χ4v) is 1.37. The van der Waals surface area contributed by atoms with Gasteiger partial charge in [-0.3, -0.25) is 4.79 Å². The molecule has 1 heterocycles. The number of nitrogens with zero attached hydrogens (tertiary/aromatic N) is 3. The molecule has 4 nitrogen and oxygen atoms in total. The average Bonchev–Trinajstić information content (AvgIpc) is 2.38. The molecule has 0 aliphatic carbocycles. The largest absolute Gasteiger partial charge is 0.314 e. The summed E-state index contributed by atoms with van der Waals surface area (Å²) in [6, 6.07) is 6.12. The van der Waals surface area contributed by atoms with Crippen molar-refractivity contribution in [3.05, 3.63) is 48.0 Å². The maximum Gasteiger partial charge on any atom is 0.229 e. The van der Waals surface area contributed by atoms with E-state index in [4.69, 9.17) is 0 Å². The van der Waals surface area contributed by atoms with E-state index in [2.05, 4.69) is 9.97 Å². The maximum absolute atomic E-state index is 13.0. The first-order valence-electron chi connectivity index (χ1n) is 4.97. The van der Waals surface area contributed by atoms with Crippen LogP contribution in [-0.2, 0) is 0 Å². The van der Waals surface area contributed by atoms with E-state index in [-0.39, 0.29) is 5.82 Å². The zero-order valence-electron chi connectivity index (χ0n) is 9.17. The van der Waals surface area contributed by atoms with Gasteiger partial charge in [-0.1, -0.05) is 6.07 Å². The van der Waals surface area contributed by atoms with Crippen molar-refractivity contribution in [1.82, 2.24) is 9.97 Å². The van der Waals surface area contributed by atoms with E-state index in [1.807, 2.05) is 0 Å². The lowest BCUT2D eigenvalue weighted by atomic mass is 10.3. The van der Waals surface area contributed by atoms with Crippen molar-refractivity contribution in [3.63, 3.8) is 0 Å². The lowest BCUT2D eigenvalue weighted by Gasteiger charge is -2.16. The van der Waals surface area contributed by atoms with Crippen LogP contribution in [0.15, 0.2) is 36.7 Å². The van der Waals surface area contributed by atoms with Crippen molar-refractivity contribution < 1.29 is 9.18 Å². The first-order valence-corrected chi connectivity index (χ1v) is 4.97. The van der Waals surface area contributed by atoms with Crippen LogP contribution in [0.1, 0.15) is 10.4 Å². The lowest BCUT2D eigenvalue weighted by molar-refractivity contribution is 0.112. The van der Waals surface area contributed by atoms with Gasteiger partial charge >= 0.3 is 0 Å². The minimum absolute atomic E-state index is 0.320. The van der Waals surface area contributed by atoms with E-state index in [9.17, 15) is 9.18 Å². The monoisotopic (exact) mass is 231 g/mol. The molecule has 0 fully saturated rings. The Balaban J connectivity index is 2.29. The molecule has 0 amide bonds. The van der Waals surface area contributed by atoms with Crippen molar-refractivity contribution in [1.29, 1.82) is 0 Å². The topological polar surface area (TPSA) is 46.1 Å². The Kier molecular flexibility index (Phi) is 3.09. The molecule has 2 aromatic rings. The number of anilines is 2. The van der Waals surface area contributed by atoms with Gasteiger partial charge in [0.2, 0.25) is 5.95 Å². The Bertz CT molecular complexity index is 528. The first-order chi connectivity index (χ1) is 8.20. The van der Waals surface area contributed by atoms with Crippen LogP contribution in [0.25, 0.3) is 0 Å². The van der Waals surface area contributed by atoms with Crippen LogP contribution in [0.5, 0.6) is 0 Å². The zero-order valence-corrected chi connectivity index (χ0v) is 9.17. The van der Waals surface area contributed by atoms with Gasteiger partial charge in [0.05, 0.1) is 5.56 Å². The van der Waals surface area contributed by atoms with Crippen molar-refractivity contribution >= 4 is 17.9 Å². The Morgan fingerprint density at radius 1 is 1.29 bits per heavy atom. The highest BCUT2D eigenvalue weighted by atomic mass is 19.1. The van der Waals surface area contributed by atoms with Gasteiger partial charge in [-0.25, -0.2) is 14.4 Å². The van der Waals surface area contributed by atoms with E-state index in [0.717, 1.165) is 0 Å². The number of hydrogen-bond donors (Lipinski definition) is 0. The zero-order chi connectivity index (χ0) is 12.3. The van der Waals surface area contributed by atoms with Gasteiger partial charge in [0.15, 0.2) is 6.29 Å². The Morgan fingerprint density at radius 2 is 2.00 bits per heavy atom. The number of halogens is 1. The van der Waals surface area contributed by atoms with E-state index < -0.39 is 0 Å². The summed E-state index contributed by atoms with van der Waals surface area (Å²) in [5, 5.41) is 0. The molecule has 1 aromatic heterocycles. The van der Waals surface area contributed by atoms with Crippen molar-refractivity contribution in [3.8, 4) is 0 Å². The summed E-state index contributed by atoms with van der Waals surface area (Å²) in [5.41, 5.74) is 1.05. The quantitative estimate of drug-likeness (QED) is 0.760. The van der Waals surface area contributed by atoms with Crippen molar-refractivity contribution in [2.24, 2.45) is 0 Å². The molecule has 86 valence electrons. The molecular formula is C12H10FN3O. The summed E-state index contributed by atoms with van der Waals surface area (Å²) in [6.07, 6.45) is 3.52. The molecular weight excluding hydrogens is 221 g/mol. The third-order valence-electron chi connectivity index (χ3n) is 2.29. The number of carbonyl (C=O) groups is 1. The molecule has 17 heavy (non-hydrogen) atoms. The van der Waals surface area contributed by atoms with Crippen LogP contribution in [-0.4, -0.2) is 23.3 Å². The van der Waals surface area contributed by atoms with Gasteiger partial charge in [-0.15, -0.1) is 0 Å². The molecule has 0 radical (unpaired) electrons. The smallest absolute Gasteiger partial charge is 0.229 e. The summed E-state index contributed by atoms with van der Waals surface area (Å²) in [4.78, 5) is 20.1. The highest BCUT2D eigenvalue weighted by Gasteiger charge is 2.07. The minimum atomic E-state index is -0.320. The van der Waals surface area contributed by atoms with E-state index in [1.54, 1.807) is 24.1 Å². The van der Waals surface area contributed by atoms with Crippen LogP contribution in [0, 0.1) is 5.82 Å².